The second-order valence-electron chi connectivity index (χ2n) is 6.01. The number of rotatable bonds is 4. The number of piperazine rings is 1. The third-order valence-corrected chi connectivity index (χ3v) is 5.13. The number of aliphatic hydroxyl groups excluding tert-OH is 1. The van der Waals surface area contributed by atoms with Crippen LogP contribution in [-0.2, 0) is 4.79 Å². The Morgan fingerprint density at radius 2 is 1.95 bits per heavy atom. The van der Waals surface area contributed by atoms with E-state index in [-0.39, 0.29) is 24.3 Å². The van der Waals surface area contributed by atoms with E-state index < -0.39 is 0 Å². The molecule has 1 N–H and O–H groups in total. The summed E-state index contributed by atoms with van der Waals surface area (Å²) >= 11 is 12.2. The highest BCUT2D eigenvalue weighted by molar-refractivity contribution is 6.35. The van der Waals surface area contributed by atoms with Gasteiger partial charge >= 0.3 is 0 Å². The smallest absolute Gasteiger partial charge is 0.226 e. The number of hydrogen-bond acceptors (Lipinski definition) is 3. The van der Waals surface area contributed by atoms with Crippen molar-refractivity contribution in [3.05, 3.63) is 33.8 Å². The summed E-state index contributed by atoms with van der Waals surface area (Å²) in [4.78, 5) is 16.7. The lowest BCUT2D eigenvalue weighted by Crippen LogP contribution is -2.49. The molecule has 1 saturated heterocycles. The van der Waals surface area contributed by atoms with Crippen molar-refractivity contribution in [2.45, 2.75) is 12.3 Å². The minimum atomic E-state index is 0.0584. The van der Waals surface area contributed by atoms with Crippen LogP contribution >= 0.6 is 23.2 Å². The van der Waals surface area contributed by atoms with Crippen LogP contribution in [0.5, 0.6) is 0 Å². The van der Waals surface area contributed by atoms with Crippen molar-refractivity contribution >= 4 is 29.1 Å². The number of carbonyl (C=O) groups is 1. The first-order chi connectivity index (χ1) is 10.6. The summed E-state index contributed by atoms with van der Waals surface area (Å²) < 4.78 is 0. The van der Waals surface area contributed by atoms with Crippen LogP contribution in [-0.4, -0.2) is 60.1 Å². The van der Waals surface area contributed by atoms with Gasteiger partial charge in [-0.15, -0.1) is 0 Å². The molecule has 2 unspecified atom stereocenters. The van der Waals surface area contributed by atoms with Crippen LogP contribution in [0.3, 0.4) is 0 Å². The third kappa shape index (κ3) is 3.40. The highest BCUT2D eigenvalue weighted by Crippen LogP contribution is 2.50. The standard InChI is InChI=1S/C16H20Cl2N2O2/c17-11-1-2-12(15(18)9-11)13-10-14(13)16(22)20-5-3-19(4-6-20)7-8-21/h1-2,9,13-14,21H,3-8,10H2. The Kier molecular flexibility index (Phi) is 4.93. The van der Waals surface area contributed by atoms with Gasteiger partial charge in [0.05, 0.1) is 6.61 Å². The Bertz CT molecular complexity index is 559. The summed E-state index contributed by atoms with van der Waals surface area (Å²) in [6.45, 7) is 4.03. The zero-order chi connectivity index (χ0) is 15.7. The van der Waals surface area contributed by atoms with E-state index in [1.807, 2.05) is 17.0 Å². The van der Waals surface area contributed by atoms with Gasteiger partial charge in [0.1, 0.15) is 0 Å². The van der Waals surface area contributed by atoms with Crippen LogP contribution in [0.4, 0.5) is 0 Å². The van der Waals surface area contributed by atoms with Crippen LogP contribution in [0, 0.1) is 5.92 Å². The van der Waals surface area contributed by atoms with E-state index in [2.05, 4.69) is 4.90 Å². The number of aliphatic hydroxyl groups is 1. The highest BCUT2D eigenvalue weighted by atomic mass is 35.5. The molecule has 2 atom stereocenters. The van der Waals surface area contributed by atoms with Gasteiger partial charge in [-0.25, -0.2) is 0 Å². The Hall–Kier alpha value is -0.810. The molecule has 22 heavy (non-hydrogen) atoms. The van der Waals surface area contributed by atoms with Crippen LogP contribution in [0.15, 0.2) is 18.2 Å². The number of halogens is 2. The van der Waals surface area contributed by atoms with Gasteiger partial charge in [-0.2, -0.15) is 0 Å². The minimum Gasteiger partial charge on any atom is -0.395 e. The summed E-state index contributed by atoms with van der Waals surface area (Å²) in [6, 6.07) is 5.50. The summed E-state index contributed by atoms with van der Waals surface area (Å²) in [5.74, 6) is 0.524. The molecular formula is C16H20Cl2N2O2. The van der Waals surface area contributed by atoms with E-state index in [1.54, 1.807) is 6.07 Å². The van der Waals surface area contributed by atoms with E-state index in [1.165, 1.54) is 0 Å². The Morgan fingerprint density at radius 3 is 2.59 bits per heavy atom. The third-order valence-electron chi connectivity index (χ3n) is 4.57. The van der Waals surface area contributed by atoms with Crippen LogP contribution < -0.4 is 0 Å². The molecule has 120 valence electrons. The van der Waals surface area contributed by atoms with Crippen molar-refractivity contribution in [1.29, 1.82) is 0 Å². The molecule has 1 amide bonds. The average molecular weight is 343 g/mol. The highest BCUT2D eigenvalue weighted by Gasteiger charge is 2.46. The summed E-state index contributed by atoms with van der Waals surface area (Å²) in [6.07, 6.45) is 0.872. The SMILES string of the molecule is O=C(C1CC1c1ccc(Cl)cc1Cl)N1CCN(CCO)CC1. The van der Waals surface area contributed by atoms with Gasteiger partial charge < -0.3 is 10.0 Å². The molecule has 0 aromatic heterocycles. The second-order valence-corrected chi connectivity index (χ2v) is 6.85. The minimum absolute atomic E-state index is 0.0584. The molecule has 1 saturated carbocycles. The fourth-order valence-electron chi connectivity index (χ4n) is 3.18. The second kappa shape index (κ2) is 6.75. The first-order valence-corrected chi connectivity index (χ1v) is 8.42. The van der Waals surface area contributed by atoms with E-state index in [9.17, 15) is 4.79 Å². The molecular weight excluding hydrogens is 323 g/mol. The van der Waals surface area contributed by atoms with Crippen molar-refractivity contribution in [2.75, 3.05) is 39.3 Å². The molecule has 1 aromatic carbocycles. The lowest BCUT2D eigenvalue weighted by atomic mass is 10.1. The predicted molar refractivity (Wildman–Crippen MR) is 87.4 cm³/mol. The maximum absolute atomic E-state index is 12.6. The number of β-amino-alcohol motifs (C(OH)–C–C–N with tert-alkyl or cyclic N) is 1. The fourth-order valence-corrected chi connectivity index (χ4v) is 3.73. The summed E-state index contributed by atoms with van der Waals surface area (Å²) in [7, 11) is 0. The molecule has 2 fully saturated rings. The molecule has 0 spiro atoms. The number of amides is 1. The zero-order valence-electron chi connectivity index (χ0n) is 12.3. The van der Waals surface area contributed by atoms with Gasteiger partial charge in [0, 0.05) is 48.7 Å². The molecule has 0 radical (unpaired) electrons. The van der Waals surface area contributed by atoms with Gasteiger partial charge in [-0.1, -0.05) is 29.3 Å². The maximum Gasteiger partial charge on any atom is 0.226 e. The molecule has 0 bridgehead atoms. The van der Waals surface area contributed by atoms with E-state index >= 15 is 0 Å². The number of benzene rings is 1. The summed E-state index contributed by atoms with van der Waals surface area (Å²) in [5.41, 5.74) is 1.03. The maximum atomic E-state index is 12.6. The topological polar surface area (TPSA) is 43.8 Å². The molecule has 6 heteroatoms. The number of nitrogens with zero attached hydrogens (tertiary/aromatic N) is 2. The molecule has 2 aliphatic rings. The largest absolute Gasteiger partial charge is 0.395 e. The molecule has 3 rings (SSSR count). The van der Waals surface area contributed by atoms with Crippen LogP contribution in [0.1, 0.15) is 17.9 Å². The van der Waals surface area contributed by atoms with Crippen molar-refractivity contribution < 1.29 is 9.90 Å². The Balaban J connectivity index is 1.57. The fraction of sp³-hybridized carbons (Fsp3) is 0.562. The first kappa shape index (κ1) is 16.1. The normalized spacial score (nSPS) is 25.3. The van der Waals surface area contributed by atoms with E-state index in [4.69, 9.17) is 28.3 Å². The molecule has 4 nitrogen and oxygen atoms in total. The predicted octanol–water partition coefficient (Wildman–Crippen LogP) is 2.23. The number of hydrogen-bond donors (Lipinski definition) is 1. The zero-order valence-corrected chi connectivity index (χ0v) is 13.9. The van der Waals surface area contributed by atoms with E-state index in [0.717, 1.165) is 38.2 Å². The van der Waals surface area contributed by atoms with Crippen LogP contribution in [0.2, 0.25) is 10.0 Å². The monoisotopic (exact) mass is 342 g/mol. The lowest BCUT2D eigenvalue weighted by Gasteiger charge is -2.34. The molecule has 1 aliphatic heterocycles. The first-order valence-electron chi connectivity index (χ1n) is 7.67. The van der Waals surface area contributed by atoms with Crippen molar-refractivity contribution in [2.24, 2.45) is 5.92 Å². The van der Waals surface area contributed by atoms with Gasteiger partial charge in [0.2, 0.25) is 5.91 Å². The van der Waals surface area contributed by atoms with Gasteiger partial charge in [-0.05, 0) is 30.0 Å². The quantitative estimate of drug-likeness (QED) is 0.912. The average Bonchev–Trinajstić information content (AvgIpc) is 3.28. The molecule has 1 heterocycles. The Morgan fingerprint density at radius 1 is 1.23 bits per heavy atom. The van der Waals surface area contributed by atoms with E-state index in [0.29, 0.717) is 16.6 Å². The van der Waals surface area contributed by atoms with Gasteiger partial charge in [0.25, 0.3) is 0 Å². The summed E-state index contributed by atoms with van der Waals surface area (Å²) in [5, 5.41) is 10.2. The van der Waals surface area contributed by atoms with Crippen molar-refractivity contribution in [1.82, 2.24) is 9.80 Å². The Labute approximate surface area is 140 Å². The number of carbonyl (C=O) groups excluding carboxylic acids is 1. The lowest BCUT2D eigenvalue weighted by molar-refractivity contribution is -0.134. The van der Waals surface area contributed by atoms with Crippen molar-refractivity contribution in [3.8, 4) is 0 Å². The van der Waals surface area contributed by atoms with Crippen molar-refractivity contribution in [3.63, 3.8) is 0 Å². The van der Waals surface area contributed by atoms with Gasteiger partial charge in [-0.3, -0.25) is 9.69 Å². The van der Waals surface area contributed by atoms with Crippen LogP contribution in [0.25, 0.3) is 0 Å². The molecule has 1 aliphatic carbocycles. The van der Waals surface area contributed by atoms with Gasteiger partial charge in [0.15, 0.2) is 0 Å². The molecule has 1 aromatic rings.